The number of ether oxygens (including phenoxy) is 2. The molecule has 10 nitrogen and oxygen atoms in total. The Morgan fingerprint density at radius 2 is 1.00 bits per heavy atom. The minimum Gasteiger partial charge on any atom is -0.368 e. The highest BCUT2D eigenvalue weighted by molar-refractivity contribution is 5.95. The van der Waals surface area contributed by atoms with Crippen LogP contribution in [-0.2, 0) is 28.7 Å². The van der Waals surface area contributed by atoms with Crippen LogP contribution in [-0.4, -0.2) is 85.0 Å². The van der Waals surface area contributed by atoms with Gasteiger partial charge in [0.2, 0.25) is 11.8 Å². The van der Waals surface area contributed by atoms with Gasteiger partial charge in [0, 0.05) is 50.8 Å². The quantitative estimate of drug-likeness (QED) is 0.524. The van der Waals surface area contributed by atoms with Gasteiger partial charge < -0.3 is 29.9 Å². The summed E-state index contributed by atoms with van der Waals surface area (Å²) >= 11 is 0. The third-order valence-electron chi connectivity index (χ3n) is 8.79. The normalized spacial score (nSPS) is 25.5. The van der Waals surface area contributed by atoms with Crippen molar-refractivity contribution in [2.75, 3.05) is 50.0 Å². The first-order chi connectivity index (χ1) is 20.4. The Morgan fingerprint density at radius 1 is 0.595 bits per heavy atom. The van der Waals surface area contributed by atoms with Gasteiger partial charge in [-0.3, -0.25) is 19.2 Å². The summed E-state index contributed by atoms with van der Waals surface area (Å²) in [5.41, 5.74) is 3.39. The Balaban J connectivity index is 0.973. The molecule has 4 fully saturated rings. The second-order valence-corrected chi connectivity index (χ2v) is 11.7. The number of likely N-dealkylation sites (tertiary alicyclic amines) is 2. The molecule has 10 heteroatoms. The Labute approximate surface area is 245 Å². The van der Waals surface area contributed by atoms with Gasteiger partial charge in [0.25, 0.3) is 11.8 Å². The molecule has 2 aromatic rings. The Morgan fingerprint density at radius 3 is 1.36 bits per heavy atom. The van der Waals surface area contributed by atoms with Crippen molar-refractivity contribution in [3.63, 3.8) is 0 Å². The van der Waals surface area contributed by atoms with E-state index in [2.05, 4.69) is 10.6 Å². The van der Waals surface area contributed by atoms with Crippen molar-refractivity contribution in [3.05, 3.63) is 48.5 Å². The number of carbonyl (C=O) groups is 4. The number of hydrogen-bond donors (Lipinski definition) is 2. The molecule has 4 aliphatic heterocycles. The fourth-order valence-electron chi connectivity index (χ4n) is 6.28. The third kappa shape index (κ3) is 6.34. The van der Waals surface area contributed by atoms with Gasteiger partial charge in [-0.25, -0.2) is 0 Å². The smallest absolute Gasteiger partial charge is 0.251 e. The number of rotatable bonds is 7. The number of nitrogens with zero attached hydrogens (tertiary/aromatic N) is 2. The van der Waals surface area contributed by atoms with Gasteiger partial charge >= 0.3 is 0 Å². The topological polar surface area (TPSA) is 117 Å². The summed E-state index contributed by atoms with van der Waals surface area (Å²) < 4.78 is 11.0. The summed E-state index contributed by atoms with van der Waals surface area (Å²) in [6.45, 7) is 3.29. The Hall–Kier alpha value is -3.76. The maximum absolute atomic E-state index is 12.9. The van der Waals surface area contributed by atoms with Crippen molar-refractivity contribution in [2.45, 2.75) is 50.7 Å². The van der Waals surface area contributed by atoms with Gasteiger partial charge in [0.05, 0.1) is 11.8 Å². The first-order valence-corrected chi connectivity index (χ1v) is 15.1. The zero-order chi connectivity index (χ0) is 29.1. The maximum atomic E-state index is 12.9. The van der Waals surface area contributed by atoms with E-state index < -0.39 is 0 Å². The molecule has 0 aromatic heterocycles. The predicted molar refractivity (Wildman–Crippen MR) is 156 cm³/mol. The minimum absolute atomic E-state index is 0.00416. The maximum Gasteiger partial charge on any atom is 0.251 e. The van der Waals surface area contributed by atoms with E-state index in [-0.39, 0.29) is 47.7 Å². The molecule has 4 saturated heterocycles. The van der Waals surface area contributed by atoms with Crippen LogP contribution in [0.1, 0.15) is 38.5 Å². The number of amides is 4. The molecule has 0 unspecified atom stereocenters. The zero-order valence-corrected chi connectivity index (χ0v) is 23.8. The van der Waals surface area contributed by atoms with Crippen LogP contribution in [0.25, 0.3) is 11.1 Å². The fourth-order valence-corrected chi connectivity index (χ4v) is 6.28. The molecular weight excluding hydrogens is 536 g/mol. The molecule has 2 N–H and O–H groups in total. The van der Waals surface area contributed by atoms with E-state index in [0.29, 0.717) is 63.6 Å². The predicted octanol–water partition coefficient (Wildman–Crippen LogP) is 3.29. The molecule has 0 aliphatic carbocycles. The second kappa shape index (κ2) is 12.6. The number of nitrogens with one attached hydrogen (secondary N) is 2. The molecule has 4 heterocycles. The third-order valence-corrected chi connectivity index (χ3v) is 8.79. The van der Waals surface area contributed by atoms with Gasteiger partial charge in [0.15, 0.2) is 0 Å². The monoisotopic (exact) mass is 574 g/mol. The largest absolute Gasteiger partial charge is 0.368 e. The van der Waals surface area contributed by atoms with E-state index >= 15 is 0 Å². The van der Waals surface area contributed by atoms with Crippen molar-refractivity contribution in [3.8, 4) is 11.1 Å². The van der Waals surface area contributed by atoms with Crippen LogP contribution >= 0.6 is 0 Å². The molecule has 0 bridgehead atoms. The van der Waals surface area contributed by atoms with E-state index in [1.54, 1.807) is 9.80 Å². The zero-order valence-electron chi connectivity index (χ0n) is 23.8. The molecule has 4 atom stereocenters. The van der Waals surface area contributed by atoms with Crippen LogP contribution in [0.5, 0.6) is 0 Å². The van der Waals surface area contributed by atoms with E-state index in [1.165, 1.54) is 0 Å². The van der Waals surface area contributed by atoms with E-state index in [9.17, 15) is 19.2 Å². The molecule has 6 rings (SSSR count). The summed E-state index contributed by atoms with van der Waals surface area (Å²) in [6, 6.07) is 15.3. The lowest BCUT2D eigenvalue weighted by molar-refractivity contribution is -0.140. The van der Waals surface area contributed by atoms with Crippen molar-refractivity contribution < 1.29 is 28.7 Å². The Kier molecular flexibility index (Phi) is 8.53. The van der Waals surface area contributed by atoms with Gasteiger partial charge in [-0.15, -0.1) is 0 Å². The molecule has 0 spiro atoms. The molecule has 2 aromatic carbocycles. The summed E-state index contributed by atoms with van der Waals surface area (Å²) in [4.78, 5) is 54.4. The highest BCUT2D eigenvalue weighted by atomic mass is 16.5. The fraction of sp³-hybridized carbons (Fsp3) is 0.500. The molecule has 4 aliphatic rings. The van der Waals surface area contributed by atoms with Gasteiger partial charge in [-0.2, -0.15) is 0 Å². The van der Waals surface area contributed by atoms with Crippen LogP contribution in [0.4, 0.5) is 11.4 Å². The molecule has 4 amide bonds. The van der Waals surface area contributed by atoms with E-state index in [4.69, 9.17) is 9.47 Å². The SMILES string of the molecule is O=C(Nc1ccc(-c2ccc(NC(=O)[C@H]3CCN(C(=O)[C@H]4CCCO4)C3)cc2)cc1)[C@@H]1CCN(C(=O)[C@@H]2CCCO2)C1. The summed E-state index contributed by atoms with van der Waals surface area (Å²) in [6.07, 6.45) is 3.94. The van der Waals surface area contributed by atoms with Gasteiger partial charge in [-0.1, -0.05) is 24.3 Å². The van der Waals surface area contributed by atoms with Crippen molar-refractivity contribution in [2.24, 2.45) is 11.8 Å². The second-order valence-electron chi connectivity index (χ2n) is 11.7. The van der Waals surface area contributed by atoms with E-state index in [0.717, 1.165) is 36.8 Å². The molecule has 0 radical (unpaired) electrons. The van der Waals surface area contributed by atoms with Crippen molar-refractivity contribution in [1.29, 1.82) is 0 Å². The minimum atomic E-state index is -0.350. The van der Waals surface area contributed by atoms with Crippen LogP contribution in [0.2, 0.25) is 0 Å². The standard InChI is InChI=1S/C32H38N4O6/c37-29(23-13-15-35(19-23)31(39)27-3-1-17-41-27)33-25-9-5-21(6-10-25)22-7-11-26(12-8-22)34-30(38)24-14-16-36(20-24)32(40)28-4-2-18-42-28/h5-12,23-24,27-28H,1-4,13-20H2,(H,33,37)(H,34,38)/t23-,24+,27+,28-. The number of anilines is 2. The van der Waals surface area contributed by atoms with Crippen LogP contribution in [0, 0.1) is 11.8 Å². The summed E-state index contributed by atoms with van der Waals surface area (Å²) in [7, 11) is 0. The van der Waals surface area contributed by atoms with Crippen molar-refractivity contribution in [1.82, 2.24) is 9.80 Å². The Bertz CT molecular complexity index is 1200. The lowest BCUT2D eigenvalue weighted by Crippen LogP contribution is -2.38. The lowest BCUT2D eigenvalue weighted by Gasteiger charge is -2.20. The van der Waals surface area contributed by atoms with Crippen molar-refractivity contribution >= 4 is 35.0 Å². The van der Waals surface area contributed by atoms with Crippen LogP contribution in [0.15, 0.2) is 48.5 Å². The molecule has 222 valence electrons. The van der Waals surface area contributed by atoms with Crippen LogP contribution in [0.3, 0.4) is 0 Å². The number of benzene rings is 2. The molecule has 42 heavy (non-hydrogen) atoms. The number of carbonyl (C=O) groups excluding carboxylic acids is 4. The average Bonchev–Trinajstić information content (AvgIpc) is 3.84. The molecular formula is C32H38N4O6. The lowest BCUT2D eigenvalue weighted by atomic mass is 10.0. The summed E-state index contributed by atoms with van der Waals surface area (Å²) in [5.74, 6) is -0.605. The highest BCUT2D eigenvalue weighted by Gasteiger charge is 2.37. The number of hydrogen-bond acceptors (Lipinski definition) is 6. The highest BCUT2D eigenvalue weighted by Crippen LogP contribution is 2.27. The molecule has 0 saturated carbocycles. The van der Waals surface area contributed by atoms with Gasteiger partial charge in [-0.05, 0) is 73.9 Å². The van der Waals surface area contributed by atoms with E-state index in [1.807, 2.05) is 48.5 Å². The first kappa shape index (κ1) is 28.4. The average molecular weight is 575 g/mol. The summed E-state index contributed by atoms with van der Waals surface area (Å²) in [5, 5.41) is 5.98. The van der Waals surface area contributed by atoms with Gasteiger partial charge in [0.1, 0.15) is 12.2 Å². The van der Waals surface area contributed by atoms with Crippen LogP contribution < -0.4 is 10.6 Å². The first-order valence-electron chi connectivity index (χ1n) is 15.1.